The molecule has 0 amide bonds. The highest BCUT2D eigenvalue weighted by molar-refractivity contribution is 6.16. The van der Waals surface area contributed by atoms with Gasteiger partial charge in [-0.3, -0.25) is 4.99 Å². The van der Waals surface area contributed by atoms with Crippen molar-refractivity contribution in [2.45, 2.75) is 13.0 Å². The van der Waals surface area contributed by atoms with Gasteiger partial charge in [-0.15, -0.1) is 0 Å². The summed E-state index contributed by atoms with van der Waals surface area (Å²) in [5.41, 5.74) is 3.66. The fourth-order valence-electron chi connectivity index (χ4n) is 2.19. The van der Waals surface area contributed by atoms with Crippen LogP contribution in [0, 0.1) is 0 Å². The van der Waals surface area contributed by atoms with Crippen molar-refractivity contribution in [3.63, 3.8) is 0 Å². The molecule has 0 spiro atoms. The van der Waals surface area contributed by atoms with Gasteiger partial charge in [-0.2, -0.15) is 0 Å². The number of anilines is 1. The van der Waals surface area contributed by atoms with Crippen molar-refractivity contribution in [1.29, 1.82) is 0 Å². The van der Waals surface area contributed by atoms with E-state index in [9.17, 15) is 4.79 Å². The summed E-state index contributed by atoms with van der Waals surface area (Å²) in [5, 5.41) is 3.17. The first-order chi connectivity index (χ1) is 10.7. The molecule has 114 valence electrons. The summed E-state index contributed by atoms with van der Waals surface area (Å²) in [4.78, 5) is 15.6. The summed E-state index contributed by atoms with van der Waals surface area (Å²) in [7, 11) is 3.50. The molecule has 0 aliphatic heterocycles. The zero-order valence-electron chi connectivity index (χ0n) is 13.0. The Kier molecular flexibility index (Phi) is 5.31. The highest BCUT2D eigenvalue weighted by atomic mass is 16.5. The van der Waals surface area contributed by atoms with Crippen LogP contribution in [0.5, 0.6) is 5.75 Å². The average molecular weight is 296 g/mol. The van der Waals surface area contributed by atoms with E-state index in [0.717, 1.165) is 34.6 Å². The largest absolute Gasteiger partial charge is 0.497 e. The van der Waals surface area contributed by atoms with Crippen molar-refractivity contribution in [1.82, 2.24) is 0 Å². The molecule has 0 bridgehead atoms. The lowest BCUT2D eigenvalue weighted by Gasteiger charge is -2.14. The third kappa shape index (κ3) is 3.52. The quantitative estimate of drug-likeness (QED) is 0.658. The number of methoxy groups -OCH3 is 1. The normalized spacial score (nSPS) is 12.6. The molecule has 2 aromatic carbocycles. The molecule has 0 saturated carbocycles. The maximum atomic E-state index is 11.0. The number of hydrogen-bond acceptors (Lipinski definition) is 4. The van der Waals surface area contributed by atoms with Crippen molar-refractivity contribution in [3.8, 4) is 5.75 Å². The van der Waals surface area contributed by atoms with Gasteiger partial charge in [0.15, 0.2) is 0 Å². The van der Waals surface area contributed by atoms with Crippen molar-refractivity contribution in [2.24, 2.45) is 4.99 Å². The number of aldehydes is 1. The summed E-state index contributed by atoms with van der Waals surface area (Å²) in [6.45, 7) is 1.78. The number of carbonyl (C=O) groups excluding carboxylic acids is 1. The second-order valence-electron chi connectivity index (χ2n) is 4.88. The smallest absolute Gasteiger partial charge is 0.144 e. The van der Waals surface area contributed by atoms with E-state index >= 15 is 0 Å². The van der Waals surface area contributed by atoms with Crippen LogP contribution in [0.2, 0.25) is 0 Å². The van der Waals surface area contributed by atoms with E-state index in [4.69, 9.17) is 4.74 Å². The minimum atomic E-state index is -0.401. The van der Waals surface area contributed by atoms with E-state index in [-0.39, 0.29) is 0 Å². The lowest BCUT2D eigenvalue weighted by atomic mass is 10.00. The number of nitrogens with zero attached hydrogens (tertiary/aromatic N) is 1. The monoisotopic (exact) mass is 296 g/mol. The van der Waals surface area contributed by atoms with Crippen LogP contribution in [0.4, 0.5) is 5.69 Å². The number of carbonyl (C=O) groups is 1. The molecule has 0 aliphatic rings. The van der Waals surface area contributed by atoms with Crippen LogP contribution in [-0.4, -0.2) is 32.2 Å². The number of benzene rings is 2. The molecular formula is C18H20N2O2. The second kappa shape index (κ2) is 7.41. The summed E-state index contributed by atoms with van der Waals surface area (Å²) in [6.07, 6.45) is 0.839. The van der Waals surface area contributed by atoms with Gasteiger partial charge in [-0.05, 0) is 37.3 Å². The highest BCUT2D eigenvalue weighted by Gasteiger charge is 2.12. The third-order valence-electron chi connectivity index (χ3n) is 3.34. The summed E-state index contributed by atoms with van der Waals surface area (Å²) >= 11 is 0. The molecule has 0 radical (unpaired) electrons. The number of para-hydroxylation sites is 1. The Morgan fingerprint density at radius 3 is 2.45 bits per heavy atom. The Balaban J connectivity index is 2.55. The van der Waals surface area contributed by atoms with E-state index < -0.39 is 6.04 Å². The number of rotatable bonds is 6. The maximum absolute atomic E-state index is 11.0. The van der Waals surface area contributed by atoms with Gasteiger partial charge in [0.25, 0.3) is 0 Å². The van der Waals surface area contributed by atoms with Gasteiger partial charge in [0.1, 0.15) is 18.1 Å². The van der Waals surface area contributed by atoms with Crippen molar-refractivity contribution >= 4 is 17.7 Å². The van der Waals surface area contributed by atoms with Crippen LogP contribution in [0.3, 0.4) is 0 Å². The predicted octanol–water partition coefficient (Wildman–Crippen LogP) is 3.16. The molecule has 1 atom stereocenters. The van der Waals surface area contributed by atoms with E-state index in [1.54, 1.807) is 14.0 Å². The van der Waals surface area contributed by atoms with Gasteiger partial charge in [0.05, 0.1) is 12.8 Å². The van der Waals surface area contributed by atoms with Gasteiger partial charge < -0.3 is 14.8 Å². The zero-order chi connectivity index (χ0) is 15.9. The van der Waals surface area contributed by atoms with E-state index in [0.29, 0.717) is 0 Å². The first-order valence-corrected chi connectivity index (χ1v) is 7.14. The van der Waals surface area contributed by atoms with E-state index in [2.05, 4.69) is 10.3 Å². The minimum Gasteiger partial charge on any atom is -0.497 e. The number of ether oxygens (including phenoxy) is 1. The van der Waals surface area contributed by atoms with Gasteiger partial charge in [0, 0.05) is 23.9 Å². The molecule has 0 heterocycles. The van der Waals surface area contributed by atoms with Crippen molar-refractivity contribution in [3.05, 3.63) is 59.7 Å². The predicted molar refractivity (Wildman–Crippen MR) is 90.1 cm³/mol. The number of aliphatic imine (C=N–C) groups is 1. The van der Waals surface area contributed by atoms with Crippen molar-refractivity contribution < 1.29 is 9.53 Å². The lowest BCUT2D eigenvalue weighted by molar-refractivity contribution is -0.108. The third-order valence-corrected chi connectivity index (χ3v) is 3.34. The van der Waals surface area contributed by atoms with Crippen molar-refractivity contribution in [2.75, 3.05) is 19.5 Å². The first-order valence-electron chi connectivity index (χ1n) is 7.14. The molecule has 2 rings (SSSR count). The summed E-state index contributed by atoms with van der Waals surface area (Å²) in [6, 6.07) is 15.2. The topological polar surface area (TPSA) is 50.7 Å². The van der Waals surface area contributed by atoms with Gasteiger partial charge >= 0.3 is 0 Å². The number of nitrogens with one attached hydrogen (secondary N) is 1. The second-order valence-corrected chi connectivity index (χ2v) is 4.88. The molecule has 0 aliphatic carbocycles. The molecule has 22 heavy (non-hydrogen) atoms. The Morgan fingerprint density at radius 1 is 1.18 bits per heavy atom. The summed E-state index contributed by atoms with van der Waals surface area (Å²) in [5.74, 6) is 0.786. The SMILES string of the molecule is CNc1ccccc1C(=NC(C)C=O)c1ccc(OC)cc1. The molecule has 4 heteroatoms. The molecule has 2 aromatic rings. The summed E-state index contributed by atoms with van der Waals surface area (Å²) < 4.78 is 5.19. The Hall–Kier alpha value is -2.62. The molecule has 0 aromatic heterocycles. The maximum Gasteiger partial charge on any atom is 0.144 e. The molecule has 0 fully saturated rings. The highest BCUT2D eigenvalue weighted by Crippen LogP contribution is 2.22. The van der Waals surface area contributed by atoms with Crippen LogP contribution >= 0.6 is 0 Å². The van der Waals surface area contributed by atoms with E-state index in [1.807, 2.05) is 55.6 Å². The molecule has 4 nitrogen and oxygen atoms in total. The fourth-order valence-corrected chi connectivity index (χ4v) is 2.19. The Bertz CT molecular complexity index is 663. The van der Waals surface area contributed by atoms with E-state index in [1.165, 1.54) is 0 Å². The molecule has 1 unspecified atom stereocenters. The van der Waals surface area contributed by atoms with Crippen LogP contribution < -0.4 is 10.1 Å². The van der Waals surface area contributed by atoms with Gasteiger partial charge in [-0.1, -0.05) is 18.2 Å². The molecule has 1 N–H and O–H groups in total. The Morgan fingerprint density at radius 2 is 1.86 bits per heavy atom. The van der Waals surface area contributed by atoms with Crippen LogP contribution in [-0.2, 0) is 4.79 Å². The van der Waals surface area contributed by atoms with Gasteiger partial charge in [-0.25, -0.2) is 0 Å². The fraction of sp³-hybridized carbons (Fsp3) is 0.222. The standard InChI is InChI=1S/C18H20N2O2/c1-13(12-21)20-18(14-8-10-15(22-3)11-9-14)16-6-4-5-7-17(16)19-2/h4-13,19H,1-3H3. The van der Waals surface area contributed by atoms with Crippen LogP contribution in [0.25, 0.3) is 0 Å². The van der Waals surface area contributed by atoms with Gasteiger partial charge in [0.2, 0.25) is 0 Å². The minimum absolute atomic E-state index is 0.401. The lowest BCUT2D eigenvalue weighted by Crippen LogP contribution is -2.11. The van der Waals surface area contributed by atoms with Crippen LogP contribution in [0.15, 0.2) is 53.5 Å². The van der Waals surface area contributed by atoms with Crippen LogP contribution in [0.1, 0.15) is 18.1 Å². The first kappa shape index (κ1) is 15.8. The Labute approximate surface area is 130 Å². The zero-order valence-corrected chi connectivity index (χ0v) is 13.0. The molecular weight excluding hydrogens is 276 g/mol. The molecule has 0 saturated heterocycles. The average Bonchev–Trinajstić information content (AvgIpc) is 2.59. The number of hydrogen-bond donors (Lipinski definition) is 1.